The summed E-state index contributed by atoms with van der Waals surface area (Å²) in [6.07, 6.45) is 1.01. The van der Waals surface area contributed by atoms with E-state index in [9.17, 15) is 21.6 Å². The number of amides is 1. The van der Waals surface area contributed by atoms with Crippen LogP contribution in [0.1, 0.15) is 19.4 Å². The second-order valence-electron chi connectivity index (χ2n) is 6.86. The Labute approximate surface area is 188 Å². The summed E-state index contributed by atoms with van der Waals surface area (Å²) in [5, 5.41) is 2.94. The number of halogens is 1. The molecule has 2 aromatic carbocycles. The molecular formula is C20H26ClN3O5S2. The summed E-state index contributed by atoms with van der Waals surface area (Å²) >= 11 is 6.00. The molecule has 0 saturated heterocycles. The molecule has 0 aliphatic heterocycles. The van der Waals surface area contributed by atoms with E-state index >= 15 is 0 Å². The number of nitrogens with one attached hydrogen (secondary N) is 1. The zero-order valence-electron chi connectivity index (χ0n) is 17.8. The molecule has 0 atom stereocenters. The molecule has 170 valence electrons. The van der Waals surface area contributed by atoms with Gasteiger partial charge in [0.15, 0.2) is 0 Å². The Kier molecular flexibility index (Phi) is 8.09. The van der Waals surface area contributed by atoms with E-state index in [-0.39, 0.29) is 4.90 Å². The van der Waals surface area contributed by atoms with Gasteiger partial charge in [0, 0.05) is 23.8 Å². The maximum absolute atomic E-state index is 12.6. The number of aryl methyl sites for hydroxylation is 1. The zero-order chi connectivity index (χ0) is 23.4. The fraction of sp³-hybridized carbons (Fsp3) is 0.350. The third-order valence-corrected chi connectivity index (χ3v) is 8.03. The highest BCUT2D eigenvalue weighted by atomic mass is 35.5. The zero-order valence-corrected chi connectivity index (χ0v) is 20.2. The Balaban J connectivity index is 2.21. The molecular weight excluding hydrogens is 462 g/mol. The molecule has 8 nitrogen and oxygen atoms in total. The van der Waals surface area contributed by atoms with Gasteiger partial charge in [0.05, 0.1) is 16.8 Å². The van der Waals surface area contributed by atoms with Crippen molar-refractivity contribution in [1.29, 1.82) is 0 Å². The molecule has 2 rings (SSSR count). The maximum Gasteiger partial charge on any atom is 0.245 e. The molecule has 2 aromatic rings. The van der Waals surface area contributed by atoms with Crippen molar-refractivity contribution in [2.75, 3.05) is 35.5 Å². The number of hydrogen-bond acceptors (Lipinski definition) is 5. The Bertz CT molecular complexity index is 1150. The van der Waals surface area contributed by atoms with Crippen LogP contribution >= 0.6 is 11.6 Å². The number of rotatable bonds is 9. The van der Waals surface area contributed by atoms with Gasteiger partial charge in [-0.25, -0.2) is 16.8 Å². The van der Waals surface area contributed by atoms with Crippen molar-refractivity contribution < 1.29 is 21.6 Å². The Morgan fingerprint density at radius 3 is 2.10 bits per heavy atom. The average molecular weight is 488 g/mol. The number of nitrogens with zero attached hydrogens (tertiary/aromatic N) is 2. The average Bonchev–Trinajstić information content (AvgIpc) is 2.68. The van der Waals surface area contributed by atoms with Crippen LogP contribution in [0, 0.1) is 6.92 Å². The first-order valence-corrected chi connectivity index (χ1v) is 13.2. The van der Waals surface area contributed by atoms with Crippen LogP contribution in [0.25, 0.3) is 0 Å². The van der Waals surface area contributed by atoms with E-state index < -0.39 is 32.5 Å². The first-order chi connectivity index (χ1) is 14.4. The van der Waals surface area contributed by atoms with E-state index in [2.05, 4.69) is 5.32 Å². The molecule has 1 N–H and O–H groups in total. The monoisotopic (exact) mass is 487 g/mol. The highest BCUT2D eigenvalue weighted by Gasteiger charge is 2.24. The molecule has 0 aliphatic rings. The van der Waals surface area contributed by atoms with Gasteiger partial charge in [-0.05, 0) is 48.9 Å². The summed E-state index contributed by atoms with van der Waals surface area (Å²) in [5.41, 5.74) is 1.30. The van der Waals surface area contributed by atoms with Gasteiger partial charge in [-0.1, -0.05) is 31.5 Å². The lowest BCUT2D eigenvalue weighted by Crippen LogP contribution is -2.37. The molecule has 0 heterocycles. The van der Waals surface area contributed by atoms with E-state index in [0.717, 1.165) is 10.6 Å². The fourth-order valence-electron chi connectivity index (χ4n) is 2.99. The highest BCUT2D eigenvalue weighted by Crippen LogP contribution is 2.26. The third kappa shape index (κ3) is 6.19. The van der Waals surface area contributed by atoms with Gasteiger partial charge in [0.2, 0.25) is 26.0 Å². The first-order valence-electron chi connectivity index (χ1n) is 9.54. The molecule has 0 saturated carbocycles. The van der Waals surface area contributed by atoms with Crippen LogP contribution in [0.3, 0.4) is 0 Å². The van der Waals surface area contributed by atoms with Crippen molar-refractivity contribution in [2.24, 2.45) is 0 Å². The van der Waals surface area contributed by atoms with Crippen molar-refractivity contribution in [3.63, 3.8) is 0 Å². The quantitative estimate of drug-likeness (QED) is 0.585. The molecule has 0 unspecified atom stereocenters. The summed E-state index contributed by atoms with van der Waals surface area (Å²) in [4.78, 5) is 12.7. The van der Waals surface area contributed by atoms with Gasteiger partial charge in [-0.15, -0.1) is 0 Å². The van der Waals surface area contributed by atoms with Gasteiger partial charge in [0.1, 0.15) is 6.54 Å². The van der Waals surface area contributed by atoms with Crippen molar-refractivity contribution in [1.82, 2.24) is 4.31 Å². The number of anilines is 2. The molecule has 0 radical (unpaired) electrons. The second kappa shape index (κ2) is 9.99. The minimum atomic E-state index is -3.76. The van der Waals surface area contributed by atoms with Crippen LogP contribution in [0.4, 0.5) is 11.4 Å². The summed E-state index contributed by atoms with van der Waals surface area (Å²) in [6, 6.07) is 10.5. The first kappa shape index (κ1) is 25.1. The van der Waals surface area contributed by atoms with Gasteiger partial charge in [0.25, 0.3) is 0 Å². The van der Waals surface area contributed by atoms with Crippen LogP contribution in [0.5, 0.6) is 0 Å². The number of sulfonamides is 2. The minimum absolute atomic E-state index is 0.113. The van der Waals surface area contributed by atoms with Crippen LogP contribution < -0.4 is 9.62 Å². The van der Waals surface area contributed by atoms with Crippen LogP contribution in [-0.2, 0) is 24.8 Å². The predicted molar refractivity (Wildman–Crippen MR) is 124 cm³/mol. The third-order valence-electron chi connectivity index (χ3n) is 4.61. The lowest BCUT2D eigenvalue weighted by Gasteiger charge is -2.24. The number of carbonyl (C=O) groups is 1. The smallest absolute Gasteiger partial charge is 0.245 e. The molecule has 31 heavy (non-hydrogen) atoms. The molecule has 0 fully saturated rings. The molecule has 0 spiro atoms. The van der Waals surface area contributed by atoms with E-state index in [1.807, 2.05) is 0 Å². The molecule has 11 heteroatoms. The molecule has 0 bridgehead atoms. The maximum atomic E-state index is 12.6. The summed E-state index contributed by atoms with van der Waals surface area (Å²) in [7, 11) is -7.37. The largest absolute Gasteiger partial charge is 0.325 e. The number of carbonyl (C=O) groups excluding carboxylic acids is 1. The van der Waals surface area contributed by atoms with Crippen molar-refractivity contribution >= 4 is 48.9 Å². The number of hydrogen-bond donors (Lipinski definition) is 1. The van der Waals surface area contributed by atoms with Crippen molar-refractivity contribution in [3.05, 3.63) is 53.1 Å². The normalized spacial score (nSPS) is 12.1. The molecule has 0 aliphatic carbocycles. The summed E-state index contributed by atoms with van der Waals surface area (Å²) < 4.78 is 52.0. The van der Waals surface area contributed by atoms with Crippen LogP contribution in [0.2, 0.25) is 5.02 Å². The van der Waals surface area contributed by atoms with Gasteiger partial charge < -0.3 is 5.32 Å². The van der Waals surface area contributed by atoms with Crippen LogP contribution in [0.15, 0.2) is 47.4 Å². The standard InChI is InChI=1S/C20H26ClN3O5S2/c1-5-23(6-2)31(28,29)18-11-9-17(10-12-18)22-20(25)14-24(30(4,26)27)19-13-16(21)8-7-15(19)3/h7-13H,5-6,14H2,1-4H3,(H,22,25). The molecule has 0 aromatic heterocycles. The Hall–Kier alpha value is -2.14. The van der Waals surface area contributed by atoms with Crippen molar-refractivity contribution in [2.45, 2.75) is 25.7 Å². The van der Waals surface area contributed by atoms with E-state index in [1.165, 1.54) is 34.6 Å². The summed E-state index contributed by atoms with van der Waals surface area (Å²) in [5.74, 6) is -0.579. The van der Waals surface area contributed by atoms with E-state index in [1.54, 1.807) is 32.9 Å². The lowest BCUT2D eigenvalue weighted by molar-refractivity contribution is -0.114. The van der Waals surface area contributed by atoms with E-state index in [4.69, 9.17) is 11.6 Å². The van der Waals surface area contributed by atoms with E-state index in [0.29, 0.717) is 35.1 Å². The predicted octanol–water partition coefficient (Wildman–Crippen LogP) is 3.08. The molecule has 1 amide bonds. The second-order valence-corrected chi connectivity index (χ2v) is 11.1. The SMILES string of the molecule is CCN(CC)S(=O)(=O)c1ccc(NC(=O)CN(c2cc(Cl)ccc2C)S(C)(=O)=O)cc1. The fourth-order valence-corrected chi connectivity index (χ4v) is 5.52. The minimum Gasteiger partial charge on any atom is -0.325 e. The lowest BCUT2D eigenvalue weighted by atomic mass is 10.2. The Morgan fingerprint density at radius 1 is 1.00 bits per heavy atom. The topological polar surface area (TPSA) is 104 Å². The van der Waals surface area contributed by atoms with Gasteiger partial charge in [-0.2, -0.15) is 4.31 Å². The number of benzene rings is 2. The van der Waals surface area contributed by atoms with Gasteiger partial charge >= 0.3 is 0 Å². The highest BCUT2D eigenvalue weighted by molar-refractivity contribution is 7.92. The van der Waals surface area contributed by atoms with Crippen LogP contribution in [-0.4, -0.2) is 52.9 Å². The van der Waals surface area contributed by atoms with Gasteiger partial charge in [-0.3, -0.25) is 9.10 Å². The summed E-state index contributed by atoms with van der Waals surface area (Å²) in [6.45, 7) is 5.47. The van der Waals surface area contributed by atoms with Crippen molar-refractivity contribution in [3.8, 4) is 0 Å². The Morgan fingerprint density at radius 2 is 1.58 bits per heavy atom.